The molecule has 1 aliphatic rings. The molecule has 2 aromatic carbocycles. The van der Waals surface area contributed by atoms with Gasteiger partial charge in [-0.05, 0) is 36.1 Å². The molecule has 3 N–H and O–H groups in total. The van der Waals surface area contributed by atoms with Crippen LogP contribution in [0.2, 0.25) is 0 Å². The molecule has 0 radical (unpaired) electrons. The fourth-order valence-corrected chi connectivity index (χ4v) is 4.06. The van der Waals surface area contributed by atoms with Gasteiger partial charge in [0.15, 0.2) is 6.04 Å². The van der Waals surface area contributed by atoms with Crippen LogP contribution in [-0.4, -0.2) is 68.2 Å². The SMILES string of the molecule is CO[C@H](C)[C@H](NC(=O)[C@@H](NC(=O)OCC1c2ccccc2-c2ccccc21)[C@@H](C)OC)C(=O)O. The summed E-state index contributed by atoms with van der Waals surface area (Å²) in [6.45, 7) is 3.18. The zero-order valence-corrected chi connectivity index (χ0v) is 19.6. The summed E-state index contributed by atoms with van der Waals surface area (Å²) in [5, 5.41) is 14.3. The highest BCUT2D eigenvalue weighted by molar-refractivity contribution is 5.90. The van der Waals surface area contributed by atoms with E-state index < -0.39 is 42.3 Å². The van der Waals surface area contributed by atoms with E-state index in [1.54, 1.807) is 6.92 Å². The maximum atomic E-state index is 12.8. The van der Waals surface area contributed by atoms with Crippen LogP contribution in [-0.2, 0) is 23.8 Å². The lowest BCUT2D eigenvalue weighted by Gasteiger charge is -2.27. The summed E-state index contributed by atoms with van der Waals surface area (Å²) in [6, 6.07) is 13.4. The number of nitrogens with one attached hydrogen (secondary N) is 2. The van der Waals surface area contributed by atoms with Crippen LogP contribution in [0.5, 0.6) is 0 Å². The van der Waals surface area contributed by atoms with Crippen LogP contribution >= 0.6 is 0 Å². The average Bonchev–Trinajstić information content (AvgIpc) is 3.17. The summed E-state index contributed by atoms with van der Waals surface area (Å²) < 4.78 is 15.8. The Morgan fingerprint density at radius 1 is 0.853 bits per heavy atom. The molecule has 0 unspecified atom stereocenters. The van der Waals surface area contributed by atoms with Crippen LogP contribution in [0.3, 0.4) is 0 Å². The third kappa shape index (κ3) is 5.37. The molecule has 1 aliphatic carbocycles. The fourth-order valence-electron chi connectivity index (χ4n) is 4.06. The molecule has 182 valence electrons. The monoisotopic (exact) mass is 470 g/mol. The molecule has 4 atom stereocenters. The standard InChI is InChI=1S/C25H30N2O7/c1-14(32-3)21(23(28)26-22(24(29)30)15(2)33-4)27-25(31)34-13-20-18-11-7-5-9-16(18)17-10-6-8-12-19(17)20/h5-12,14-15,20-22H,13H2,1-4H3,(H,26,28)(H,27,31)(H,29,30)/t14-,15-,21+,22+/m1/s1. The number of alkyl carbamates (subject to hydrolysis) is 1. The highest BCUT2D eigenvalue weighted by atomic mass is 16.5. The Morgan fingerprint density at radius 2 is 1.35 bits per heavy atom. The number of methoxy groups -OCH3 is 2. The molecule has 9 heteroatoms. The molecule has 0 bridgehead atoms. The number of benzene rings is 2. The molecule has 0 heterocycles. The van der Waals surface area contributed by atoms with E-state index in [-0.39, 0.29) is 12.5 Å². The maximum absolute atomic E-state index is 12.8. The first-order chi connectivity index (χ1) is 16.3. The Bertz CT molecular complexity index is 996. The Hall–Kier alpha value is -3.43. The number of carbonyl (C=O) groups excluding carboxylic acids is 2. The maximum Gasteiger partial charge on any atom is 0.407 e. The Kier molecular flexibility index (Phi) is 8.25. The Balaban J connectivity index is 1.69. The molecular formula is C25H30N2O7. The number of amides is 2. The van der Waals surface area contributed by atoms with Crippen molar-refractivity contribution in [2.24, 2.45) is 0 Å². The molecule has 0 spiro atoms. The molecule has 3 rings (SSSR count). The van der Waals surface area contributed by atoms with Crippen molar-refractivity contribution in [3.05, 3.63) is 59.7 Å². The van der Waals surface area contributed by atoms with Crippen LogP contribution in [0, 0.1) is 0 Å². The second-order valence-electron chi connectivity index (χ2n) is 8.15. The van der Waals surface area contributed by atoms with Crippen molar-refractivity contribution in [2.45, 2.75) is 44.1 Å². The minimum absolute atomic E-state index is 0.0774. The van der Waals surface area contributed by atoms with Crippen molar-refractivity contribution < 1.29 is 33.7 Å². The van der Waals surface area contributed by atoms with Gasteiger partial charge in [-0.15, -0.1) is 0 Å². The zero-order valence-electron chi connectivity index (χ0n) is 19.6. The van der Waals surface area contributed by atoms with Crippen molar-refractivity contribution in [1.29, 1.82) is 0 Å². The van der Waals surface area contributed by atoms with Gasteiger partial charge in [-0.2, -0.15) is 0 Å². The largest absolute Gasteiger partial charge is 0.480 e. The molecule has 0 aromatic heterocycles. The summed E-state index contributed by atoms with van der Waals surface area (Å²) in [5.74, 6) is -2.11. The van der Waals surface area contributed by atoms with Gasteiger partial charge in [-0.3, -0.25) is 4.79 Å². The second-order valence-corrected chi connectivity index (χ2v) is 8.15. The van der Waals surface area contributed by atoms with Gasteiger partial charge >= 0.3 is 12.1 Å². The number of aliphatic carboxylic acids is 1. The van der Waals surface area contributed by atoms with Crippen LogP contribution in [0.4, 0.5) is 4.79 Å². The van der Waals surface area contributed by atoms with Gasteiger partial charge in [0.05, 0.1) is 12.2 Å². The fraction of sp³-hybridized carbons (Fsp3) is 0.400. The third-order valence-corrected chi connectivity index (χ3v) is 6.15. The van der Waals surface area contributed by atoms with Crippen LogP contribution in [0.1, 0.15) is 30.9 Å². The number of ether oxygens (including phenoxy) is 3. The number of carboxylic acid groups (broad SMARTS) is 1. The molecule has 9 nitrogen and oxygen atoms in total. The second kappa shape index (κ2) is 11.1. The van der Waals surface area contributed by atoms with Crippen molar-refractivity contribution in [3.63, 3.8) is 0 Å². The minimum Gasteiger partial charge on any atom is -0.480 e. The molecule has 34 heavy (non-hydrogen) atoms. The number of rotatable bonds is 10. The van der Waals surface area contributed by atoms with E-state index in [4.69, 9.17) is 14.2 Å². The molecule has 0 aliphatic heterocycles. The summed E-state index contributed by atoms with van der Waals surface area (Å²) in [5.41, 5.74) is 4.33. The van der Waals surface area contributed by atoms with Gasteiger partial charge in [0, 0.05) is 20.1 Å². The smallest absolute Gasteiger partial charge is 0.407 e. The highest BCUT2D eigenvalue weighted by Crippen LogP contribution is 2.44. The molecule has 0 saturated carbocycles. The lowest BCUT2D eigenvalue weighted by Crippen LogP contribution is -2.58. The summed E-state index contributed by atoms with van der Waals surface area (Å²) in [4.78, 5) is 37.0. The first kappa shape index (κ1) is 25.2. The topological polar surface area (TPSA) is 123 Å². The molecular weight excluding hydrogens is 440 g/mol. The van der Waals surface area contributed by atoms with E-state index in [0.29, 0.717) is 0 Å². The Labute approximate surface area is 198 Å². The van der Waals surface area contributed by atoms with Gasteiger partial charge in [0.2, 0.25) is 5.91 Å². The zero-order chi connectivity index (χ0) is 24.8. The van der Waals surface area contributed by atoms with Gasteiger partial charge in [-0.1, -0.05) is 48.5 Å². The number of hydrogen-bond acceptors (Lipinski definition) is 6. The van der Waals surface area contributed by atoms with E-state index in [1.807, 2.05) is 48.5 Å². The number of carbonyl (C=O) groups is 3. The lowest BCUT2D eigenvalue weighted by molar-refractivity contribution is -0.146. The highest BCUT2D eigenvalue weighted by Gasteiger charge is 2.34. The van der Waals surface area contributed by atoms with Gasteiger partial charge in [0.25, 0.3) is 0 Å². The van der Waals surface area contributed by atoms with E-state index in [9.17, 15) is 19.5 Å². The molecule has 2 amide bonds. The normalized spacial score (nSPS) is 15.9. The Morgan fingerprint density at radius 3 is 1.85 bits per heavy atom. The van der Waals surface area contributed by atoms with E-state index >= 15 is 0 Å². The van der Waals surface area contributed by atoms with Crippen LogP contribution in [0.15, 0.2) is 48.5 Å². The van der Waals surface area contributed by atoms with Gasteiger partial charge < -0.3 is 30.0 Å². The van der Waals surface area contributed by atoms with Crippen LogP contribution < -0.4 is 10.6 Å². The first-order valence-electron chi connectivity index (χ1n) is 11.0. The minimum atomic E-state index is -1.30. The average molecular weight is 471 g/mol. The summed E-state index contributed by atoms with van der Waals surface area (Å²) in [6.07, 6.45) is -2.33. The number of carboxylic acids is 1. The van der Waals surface area contributed by atoms with Crippen LogP contribution in [0.25, 0.3) is 11.1 Å². The quantitative estimate of drug-likeness (QED) is 0.488. The van der Waals surface area contributed by atoms with E-state index in [2.05, 4.69) is 10.6 Å². The number of hydrogen-bond donors (Lipinski definition) is 3. The van der Waals surface area contributed by atoms with Crippen molar-refractivity contribution in [3.8, 4) is 11.1 Å². The van der Waals surface area contributed by atoms with Crippen molar-refractivity contribution in [1.82, 2.24) is 10.6 Å². The number of fused-ring (bicyclic) bond motifs is 3. The lowest BCUT2D eigenvalue weighted by atomic mass is 9.98. The van der Waals surface area contributed by atoms with Gasteiger partial charge in [0.1, 0.15) is 12.6 Å². The van der Waals surface area contributed by atoms with Gasteiger partial charge in [-0.25, -0.2) is 9.59 Å². The molecule has 0 saturated heterocycles. The van der Waals surface area contributed by atoms with Crippen molar-refractivity contribution >= 4 is 18.0 Å². The predicted molar refractivity (Wildman–Crippen MR) is 125 cm³/mol. The summed E-state index contributed by atoms with van der Waals surface area (Å²) in [7, 11) is 2.73. The predicted octanol–water partition coefficient (Wildman–Crippen LogP) is 2.53. The van der Waals surface area contributed by atoms with E-state index in [0.717, 1.165) is 22.3 Å². The molecule has 0 fully saturated rings. The van der Waals surface area contributed by atoms with Crippen molar-refractivity contribution in [2.75, 3.05) is 20.8 Å². The molecule has 2 aromatic rings. The third-order valence-electron chi connectivity index (χ3n) is 6.15. The first-order valence-corrected chi connectivity index (χ1v) is 11.0. The van der Waals surface area contributed by atoms with E-state index in [1.165, 1.54) is 21.1 Å². The summed E-state index contributed by atoms with van der Waals surface area (Å²) >= 11 is 0.